The average molecular weight is 293 g/mol. The molecule has 0 fully saturated rings. The predicted molar refractivity (Wildman–Crippen MR) is 58.8 cm³/mol. The zero-order chi connectivity index (χ0) is 6.97. The van der Waals surface area contributed by atoms with Crippen molar-refractivity contribution in [2.24, 2.45) is 0 Å². The summed E-state index contributed by atoms with van der Waals surface area (Å²) in [6, 6.07) is 12.8. The Kier molecular flexibility index (Phi) is 8.12. The summed E-state index contributed by atoms with van der Waals surface area (Å²) in [4.78, 5) is 0. The SMILES string of the molecule is C[c-]1ccc2ccccc21.Cl.Cl.[Zr]. The van der Waals surface area contributed by atoms with Gasteiger partial charge in [-0.05, 0) is 0 Å². The van der Waals surface area contributed by atoms with Gasteiger partial charge >= 0.3 is 0 Å². The van der Waals surface area contributed by atoms with E-state index in [0.29, 0.717) is 0 Å². The molecule has 0 nitrogen and oxygen atoms in total. The molecule has 13 heavy (non-hydrogen) atoms. The second-order valence-electron chi connectivity index (χ2n) is 2.60. The fourth-order valence-corrected chi connectivity index (χ4v) is 1.31. The fourth-order valence-electron chi connectivity index (χ4n) is 1.31. The molecule has 3 heteroatoms. The fraction of sp³-hybridized carbons (Fsp3) is 0.100. The van der Waals surface area contributed by atoms with Gasteiger partial charge in [0, 0.05) is 26.2 Å². The monoisotopic (exact) mass is 291 g/mol. The zero-order valence-corrected chi connectivity index (χ0v) is 11.4. The molecule has 0 aliphatic rings. The Balaban J connectivity index is 0. The maximum atomic E-state index is 2.16. The van der Waals surface area contributed by atoms with Crippen LogP contribution >= 0.6 is 24.8 Å². The van der Waals surface area contributed by atoms with Crippen molar-refractivity contribution in [3.05, 3.63) is 42.0 Å². The topological polar surface area (TPSA) is 0 Å². The van der Waals surface area contributed by atoms with Gasteiger partial charge in [0.1, 0.15) is 0 Å². The summed E-state index contributed by atoms with van der Waals surface area (Å²) in [5.74, 6) is 0. The van der Waals surface area contributed by atoms with Gasteiger partial charge in [0.2, 0.25) is 0 Å². The Morgan fingerprint density at radius 3 is 2.23 bits per heavy atom. The molecule has 0 spiro atoms. The molecular formula is C10H11Cl2Zr-. The van der Waals surface area contributed by atoms with Crippen molar-refractivity contribution in [3.8, 4) is 0 Å². The first-order chi connectivity index (χ1) is 4.88. The quantitative estimate of drug-likeness (QED) is 0.650. The summed E-state index contributed by atoms with van der Waals surface area (Å²) in [7, 11) is 0. The van der Waals surface area contributed by atoms with E-state index in [1.165, 1.54) is 16.3 Å². The Hall–Kier alpha value is 0.293. The normalized spacial score (nSPS) is 8.08. The smallest absolute Gasteiger partial charge is 0 e. The van der Waals surface area contributed by atoms with Gasteiger partial charge in [-0.3, -0.25) is 0 Å². The van der Waals surface area contributed by atoms with Gasteiger partial charge in [-0.2, -0.15) is 12.1 Å². The van der Waals surface area contributed by atoms with E-state index in [1.807, 2.05) is 0 Å². The summed E-state index contributed by atoms with van der Waals surface area (Å²) < 4.78 is 0. The molecule has 0 amide bonds. The first-order valence-corrected chi connectivity index (χ1v) is 3.49. The molecule has 0 atom stereocenters. The third-order valence-electron chi connectivity index (χ3n) is 1.90. The standard InChI is InChI=1S/C10H9.2ClH.Zr/c1-8-6-7-9-4-2-3-5-10(8)9;;;/h2-7H,1H3;2*1H;/q-1;;;. The molecule has 0 saturated heterocycles. The van der Waals surface area contributed by atoms with Gasteiger partial charge < -0.3 is 0 Å². The summed E-state index contributed by atoms with van der Waals surface area (Å²) >= 11 is 0. The maximum Gasteiger partial charge on any atom is 0 e. The predicted octanol–water partition coefficient (Wildman–Crippen LogP) is 3.71. The van der Waals surface area contributed by atoms with Gasteiger partial charge in [0.05, 0.1) is 0 Å². The zero-order valence-electron chi connectivity index (χ0n) is 7.28. The number of benzene rings is 1. The Bertz CT molecular complexity index is 354. The molecule has 2 aromatic carbocycles. The average Bonchev–Trinajstić information content (AvgIpc) is 2.34. The number of halogens is 2. The molecule has 0 aliphatic carbocycles. The van der Waals surface area contributed by atoms with Crippen molar-refractivity contribution in [2.75, 3.05) is 0 Å². The molecule has 0 N–H and O–H groups in total. The first-order valence-electron chi connectivity index (χ1n) is 3.49. The number of rotatable bonds is 0. The van der Waals surface area contributed by atoms with Crippen LogP contribution < -0.4 is 0 Å². The maximum absolute atomic E-state index is 2.16. The first kappa shape index (κ1) is 15.8. The molecule has 0 aromatic heterocycles. The number of hydrogen-bond acceptors (Lipinski definition) is 0. The van der Waals surface area contributed by atoms with E-state index >= 15 is 0 Å². The Labute approximate surface area is 110 Å². The Morgan fingerprint density at radius 2 is 1.62 bits per heavy atom. The summed E-state index contributed by atoms with van der Waals surface area (Å²) in [6.07, 6.45) is 0. The van der Waals surface area contributed by atoms with Crippen LogP contribution in [-0.4, -0.2) is 0 Å². The molecule has 0 aliphatic heterocycles. The van der Waals surface area contributed by atoms with Gasteiger partial charge in [0.15, 0.2) is 0 Å². The largest absolute Gasteiger partial charge is 0.168 e. The molecule has 0 radical (unpaired) electrons. The van der Waals surface area contributed by atoms with Crippen molar-refractivity contribution in [1.29, 1.82) is 0 Å². The van der Waals surface area contributed by atoms with Gasteiger partial charge in [-0.25, -0.2) is 0 Å². The van der Waals surface area contributed by atoms with Crippen LogP contribution in [-0.2, 0) is 26.2 Å². The van der Waals surface area contributed by atoms with E-state index in [-0.39, 0.29) is 51.0 Å². The number of fused-ring (bicyclic) bond motifs is 1. The van der Waals surface area contributed by atoms with Crippen LogP contribution in [0.25, 0.3) is 10.8 Å². The minimum atomic E-state index is 0. The van der Waals surface area contributed by atoms with Gasteiger partial charge in [0.25, 0.3) is 0 Å². The van der Waals surface area contributed by atoms with E-state index in [1.54, 1.807) is 0 Å². The third-order valence-corrected chi connectivity index (χ3v) is 1.90. The van der Waals surface area contributed by atoms with E-state index in [4.69, 9.17) is 0 Å². The van der Waals surface area contributed by atoms with Gasteiger partial charge in [-0.1, -0.05) is 13.0 Å². The van der Waals surface area contributed by atoms with Gasteiger partial charge in [-0.15, -0.1) is 59.3 Å². The van der Waals surface area contributed by atoms with E-state index in [9.17, 15) is 0 Å². The van der Waals surface area contributed by atoms with Crippen LogP contribution in [0.1, 0.15) is 5.56 Å². The Morgan fingerprint density at radius 1 is 1.00 bits per heavy atom. The van der Waals surface area contributed by atoms with Crippen molar-refractivity contribution in [1.82, 2.24) is 0 Å². The van der Waals surface area contributed by atoms with Crippen LogP contribution in [0.4, 0.5) is 0 Å². The van der Waals surface area contributed by atoms with Crippen LogP contribution in [0.5, 0.6) is 0 Å². The second kappa shape index (κ2) is 6.70. The van der Waals surface area contributed by atoms with E-state index < -0.39 is 0 Å². The molecule has 0 bridgehead atoms. The minimum Gasteiger partial charge on any atom is -0.168 e. The molecule has 0 unspecified atom stereocenters. The minimum absolute atomic E-state index is 0. The third kappa shape index (κ3) is 3.16. The van der Waals surface area contributed by atoms with Crippen LogP contribution in [0.15, 0.2) is 36.4 Å². The number of aryl methyl sites for hydroxylation is 1. The summed E-state index contributed by atoms with van der Waals surface area (Å²) in [5.41, 5.74) is 1.37. The molecular weight excluding hydrogens is 282 g/mol. The molecule has 70 valence electrons. The van der Waals surface area contributed by atoms with E-state index in [0.717, 1.165) is 0 Å². The summed E-state index contributed by atoms with van der Waals surface area (Å²) in [5, 5.41) is 2.72. The second-order valence-corrected chi connectivity index (χ2v) is 2.60. The van der Waals surface area contributed by atoms with Crippen LogP contribution in [0.2, 0.25) is 0 Å². The van der Waals surface area contributed by atoms with Crippen molar-refractivity contribution in [2.45, 2.75) is 6.92 Å². The summed E-state index contributed by atoms with van der Waals surface area (Å²) in [6.45, 7) is 2.14. The number of hydrogen-bond donors (Lipinski definition) is 0. The van der Waals surface area contributed by atoms with E-state index in [2.05, 4.69) is 43.3 Å². The van der Waals surface area contributed by atoms with Crippen LogP contribution in [0, 0.1) is 6.92 Å². The molecule has 2 aromatic rings. The van der Waals surface area contributed by atoms with Crippen molar-refractivity contribution >= 4 is 35.6 Å². The van der Waals surface area contributed by atoms with Crippen LogP contribution in [0.3, 0.4) is 0 Å². The van der Waals surface area contributed by atoms with Crippen molar-refractivity contribution in [3.63, 3.8) is 0 Å². The molecule has 0 heterocycles. The van der Waals surface area contributed by atoms with Crippen molar-refractivity contribution < 1.29 is 26.2 Å². The molecule has 0 saturated carbocycles. The molecule has 2 rings (SSSR count).